The van der Waals surface area contributed by atoms with Crippen molar-refractivity contribution in [3.63, 3.8) is 0 Å². The van der Waals surface area contributed by atoms with Crippen LogP contribution in [-0.2, 0) is 4.79 Å². The standard InChI is InChI=1S/C17H23N5O/c1-13(22-8-6-21(2)7-9-22)17(23)20-15-5-3-4-14(10-15)16-11-18-12-19-16/h3-5,10-13H,6-9H2,1-2H3,(H,18,19)(H,20,23). The van der Waals surface area contributed by atoms with Crippen LogP contribution in [-0.4, -0.2) is 64.9 Å². The molecule has 2 aromatic rings. The van der Waals surface area contributed by atoms with Gasteiger partial charge in [-0.2, -0.15) is 0 Å². The van der Waals surface area contributed by atoms with E-state index in [1.165, 1.54) is 0 Å². The van der Waals surface area contributed by atoms with E-state index >= 15 is 0 Å². The highest BCUT2D eigenvalue weighted by Gasteiger charge is 2.24. The topological polar surface area (TPSA) is 64.3 Å². The number of nitrogens with zero attached hydrogens (tertiary/aromatic N) is 3. The summed E-state index contributed by atoms with van der Waals surface area (Å²) in [5.74, 6) is 0.0383. The van der Waals surface area contributed by atoms with E-state index in [9.17, 15) is 4.79 Å². The van der Waals surface area contributed by atoms with E-state index in [0.29, 0.717) is 0 Å². The van der Waals surface area contributed by atoms with Crippen LogP contribution in [0.25, 0.3) is 11.3 Å². The zero-order valence-electron chi connectivity index (χ0n) is 13.6. The molecule has 3 rings (SSSR count). The third-order valence-electron chi connectivity index (χ3n) is 4.40. The molecule has 23 heavy (non-hydrogen) atoms. The van der Waals surface area contributed by atoms with Gasteiger partial charge in [0.25, 0.3) is 0 Å². The minimum absolute atomic E-state index is 0.0383. The van der Waals surface area contributed by atoms with Crippen LogP contribution in [0.15, 0.2) is 36.8 Å². The van der Waals surface area contributed by atoms with Crippen LogP contribution in [0.1, 0.15) is 6.92 Å². The van der Waals surface area contributed by atoms with Crippen LogP contribution in [0, 0.1) is 0 Å². The Morgan fingerprint density at radius 1 is 1.30 bits per heavy atom. The van der Waals surface area contributed by atoms with E-state index in [1.807, 2.05) is 31.2 Å². The molecule has 1 fully saturated rings. The maximum Gasteiger partial charge on any atom is 0.241 e. The van der Waals surface area contributed by atoms with Crippen molar-refractivity contribution in [2.24, 2.45) is 0 Å². The lowest BCUT2D eigenvalue weighted by atomic mass is 10.1. The van der Waals surface area contributed by atoms with Crippen LogP contribution in [0.4, 0.5) is 5.69 Å². The number of piperazine rings is 1. The summed E-state index contributed by atoms with van der Waals surface area (Å²) < 4.78 is 0. The van der Waals surface area contributed by atoms with Gasteiger partial charge in [0.2, 0.25) is 5.91 Å². The molecule has 0 saturated carbocycles. The van der Waals surface area contributed by atoms with Crippen molar-refractivity contribution in [2.75, 3.05) is 38.5 Å². The second kappa shape index (κ2) is 6.93. The monoisotopic (exact) mass is 313 g/mol. The van der Waals surface area contributed by atoms with Gasteiger partial charge in [0.05, 0.1) is 24.3 Å². The second-order valence-corrected chi connectivity index (χ2v) is 6.05. The number of hydrogen-bond acceptors (Lipinski definition) is 4. The van der Waals surface area contributed by atoms with Crippen molar-refractivity contribution >= 4 is 11.6 Å². The molecule has 0 radical (unpaired) electrons. The number of H-pyrrole nitrogens is 1. The number of amides is 1. The van der Waals surface area contributed by atoms with Crippen LogP contribution in [0.5, 0.6) is 0 Å². The van der Waals surface area contributed by atoms with Gasteiger partial charge in [-0.15, -0.1) is 0 Å². The van der Waals surface area contributed by atoms with Crippen LogP contribution in [0.3, 0.4) is 0 Å². The summed E-state index contributed by atoms with van der Waals surface area (Å²) in [5, 5.41) is 3.02. The predicted molar refractivity (Wildman–Crippen MR) is 91.2 cm³/mol. The molecule has 1 aromatic heterocycles. The van der Waals surface area contributed by atoms with Crippen LogP contribution < -0.4 is 5.32 Å². The van der Waals surface area contributed by atoms with Gasteiger partial charge in [-0.3, -0.25) is 9.69 Å². The Kier molecular flexibility index (Phi) is 4.73. The van der Waals surface area contributed by atoms with Gasteiger partial charge in [0.1, 0.15) is 0 Å². The van der Waals surface area contributed by atoms with E-state index in [-0.39, 0.29) is 11.9 Å². The average Bonchev–Trinajstić information content (AvgIpc) is 3.10. The first-order valence-corrected chi connectivity index (χ1v) is 7.96. The molecule has 0 aliphatic carbocycles. The zero-order chi connectivity index (χ0) is 16.2. The second-order valence-electron chi connectivity index (χ2n) is 6.05. The summed E-state index contributed by atoms with van der Waals surface area (Å²) in [6.45, 7) is 5.85. The van der Waals surface area contributed by atoms with Gasteiger partial charge in [-0.25, -0.2) is 4.98 Å². The van der Waals surface area contributed by atoms with E-state index in [0.717, 1.165) is 43.1 Å². The maximum absolute atomic E-state index is 12.5. The molecule has 1 aliphatic rings. The van der Waals surface area contributed by atoms with Crippen molar-refractivity contribution in [3.05, 3.63) is 36.8 Å². The number of carbonyl (C=O) groups is 1. The Bertz CT molecular complexity index is 647. The predicted octanol–water partition coefficient (Wildman–Crippen LogP) is 1.65. The van der Waals surface area contributed by atoms with Gasteiger partial charge in [-0.1, -0.05) is 12.1 Å². The fourth-order valence-corrected chi connectivity index (χ4v) is 2.80. The number of likely N-dealkylation sites (N-methyl/N-ethyl adjacent to an activating group) is 1. The smallest absolute Gasteiger partial charge is 0.241 e. The molecular weight excluding hydrogens is 290 g/mol. The first-order chi connectivity index (χ1) is 11.1. The quantitative estimate of drug-likeness (QED) is 0.901. The number of anilines is 1. The lowest BCUT2D eigenvalue weighted by Gasteiger charge is -2.35. The third-order valence-corrected chi connectivity index (χ3v) is 4.40. The molecule has 1 saturated heterocycles. The fraction of sp³-hybridized carbons (Fsp3) is 0.412. The number of aromatic amines is 1. The Labute approximate surface area is 136 Å². The minimum Gasteiger partial charge on any atom is -0.345 e. The molecule has 6 nitrogen and oxygen atoms in total. The summed E-state index contributed by atoms with van der Waals surface area (Å²) in [7, 11) is 2.11. The summed E-state index contributed by atoms with van der Waals surface area (Å²) in [6, 6.07) is 7.68. The Balaban J connectivity index is 1.64. The molecule has 122 valence electrons. The molecule has 6 heteroatoms. The average molecular weight is 313 g/mol. The lowest BCUT2D eigenvalue weighted by molar-refractivity contribution is -0.121. The highest BCUT2D eigenvalue weighted by molar-refractivity contribution is 5.95. The Hall–Kier alpha value is -2.18. The Morgan fingerprint density at radius 2 is 2.09 bits per heavy atom. The normalized spacial score (nSPS) is 17.8. The number of nitrogens with one attached hydrogen (secondary N) is 2. The number of imidazole rings is 1. The molecule has 1 atom stereocenters. The summed E-state index contributed by atoms with van der Waals surface area (Å²) in [4.78, 5) is 24.1. The van der Waals surface area contributed by atoms with Crippen LogP contribution >= 0.6 is 0 Å². The summed E-state index contributed by atoms with van der Waals surface area (Å²) in [6.07, 6.45) is 3.42. The highest BCUT2D eigenvalue weighted by Crippen LogP contribution is 2.20. The maximum atomic E-state index is 12.5. The number of hydrogen-bond donors (Lipinski definition) is 2. The van der Waals surface area contributed by atoms with Gasteiger partial charge in [-0.05, 0) is 26.1 Å². The molecule has 2 heterocycles. The van der Waals surface area contributed by atoms with Crippen molar-refractivity contribution < 1.29 is 4.79 Å². The van der Waals surface area contributed by atoms with E-state index < -0.39 is 0 Å². The number of rotatable bonds is 4. The third kappa shape index (κ3) is 3.78. The van der Waals surface area contributed by atoms with E-state index in [1.54, 1.807) is 12.5 Å². The van der Waals surface area contributed by atoms with E-state index in [2.05, 4.69) is 32.1 Å². The summed E-state index contributed by atoms with van der Waals surface area (Å²) in [5.41, 5.74) is 2.75. The number of aromatic nitrogens is 2. The lowest BCUT2D eigenvalue weighted by Crippen LogP contribution is -2.51. The first-order valence-electron chi connectivity index (χ1n) is 7.96. The van der Waals surface area contributed by atoms with E-state index in [4.69, 9.17) is 0 Å². The highest BCUT2D eigenvalue weighted by atomic mass is 16.2. The first kappa shape index (κ1) is 15.7. The number of benzene rings is 1. The molecular formula is C17H23N5O. The number of carbonyl (C=O) groups excluding carboxylic acids is 1. The molecule has 1 amide bonds. The van der Waals surface area contributed by atoms with Crippen molar-refractivity contribution in [1.82, 2.24) is 19.8 Å². The molecule has 1 aromatic carbocycles. The zero-order valence-corrected chi connectivity index (χ0v) is 13.6. The van der Waals surface area contributed by atoms with Gasteiger partial charge in [0, 0.05) is 37.4 Å². The fourth-order valence-electron chi connectivity index (χ4n) is 2.80. The van der Waals surface area contributed by atoms with Gasteiger partial charge in [0.15, 0.2) is 0 Å². The molecule has 1 unspecified atom stereocenters. The van der Waals surface area contributed by atoms with Crippen molar-refractivity contribution in [2.45, 2.75) is 13.0 Å². The SMILES string of the molecule is CC(C(=O)Nc1cccc(-c2cnc[nH]2)c1)N1CCN(C)CC1. The molecule has 0 bridgehead atoms. The van der Waals surface area contributed by atoms with Crippen LogP contribution in [0.2, 0.25) is 0 Å². The van der Waals surface area contributed by atoms with Gasteiger partial charge >= 0.3 is 0 Å². The summed E-state index contributed by atoms with van der Waals surface area (Å²) >= 11 is 0. The molecule has 2 N–H and O–H groups in total. The minimum atomic E-state index is -0.125. The van der Waals surface area contributed by atoms with Gasteiger partial charge < -0.3 is 15.2 Å². The molecule has 1 aliphatic heterocycles. The van der Waals surface area contributed by atoms with Crippen molar-refractivity contribution in [1.29, 1.82) is 0 Å². The van der Waals surface area contributed by atoms with Crippen molar-refractivity contribution in [3.8, 4) is 11.3 Å². The molecule has 0 spiro atoms. The largest absolute Gasteiger partial charge is 0.345 e. The Morgan fingerprint density at radius 3 is 2.78 bits per heavy atom.